The summed E-state index contributed by atoms with van der Waals surface area (Å²) >= 11 is 0. The van der Waals surface area contributed by atoms with Crippen LogP contribution in [-0.4, -0.2) is 40.1 Å². The van der Waals surface area contributed by atoms with Crippen LogP contribution in [0.3, 0.4) is 0 Å². The molecule has 2 amide bonds. The van der Waals surface area contributed by atoms with Crippen LogP contribution in [0.15, 0.2) is 53.1 Å². The molecule has 8 nitrogen and oxygen atoms in total. The summed E-state index contributed by atoms with van der Waals surface area (Å²) in [5.41, 5.74) is 1.77. The Balaban J connectivity index is 1.33. The SMILES string of the molecule is CN1C(=O)C(NC(=O)c2nnc(C3(c4ccccc4)CC3)o2)CCc2cccnc21. The third-order valence-corrected chi connectivity index (χ3v) is 5.93. The van der Waals surface area contributed by atoms with E-state index in [0.29, 0.717) is 24.6 Å². The van der Waals surface area contributed by atoms with E-state index in [-0.39, 0.29) is 17.2 Å². The smallest absolute Gasteiger partial charge is 0.309 e. The number of likely N-dealkylation sites (N-methyl/N-ethyl adjacent to an activating group) is 1. The number of nitrogens with one attached hydrogen (secondary N) is 1. The van der Waals surface area contributed by atoms with Gasteiger partial charge >= 0.3 is 11.8 Å². The van der Waals surface area contributed by atoms with Crippen LogP contribution in [0, 0.1) is 0 Å². The quantitative estimate of drug-likeness (QED) is 0.717. The lowest BCUT2D eigenvalue weighted by atomic mass is 9.96. The molecule has 2 aromatic heterocycles. The van der Waals surface area contributed by atoms with Crippen LogP contribution in [0.4, 0.5) is 5.82 Å². The maximum atomic E-state index is 12.8. The van der Waals surface area contributed by atoms with Gasteiger partial charge in [-0.2, -0.15) is 0 Å². The number of hydrogen-bond donors (Lipinski definition) is 1. The Morgan fingerprint density at radius 1 is 1.17 bits per heavy atom. The van der Waals surface area contributed by atoms with Crippen molar-refractivity contribution in [1.82, 2.24) is 20.5 Å². The highest BCUT2D eigenvalue weighted by molar-refractivity contribution is 6.01. The maximum absolute atomic E-state index is 12.8. The molecule has 3 aromatic rings. The lowest BCUT2D eigenvalue weighted by Gasteiger charge is -2.20. The highest BCUT2D eigenvalue weighted by Crippen LogP contribution is 2.52. The fourth-order valence-corrected chi connectivity index (χ4v) is 4.06. The van der Waals surface area contributed by atoms with Crippen molar-refractivity contribution in [2.75, 3.05) is 11.9 Å². The number of anilines is 1. The number of rotatable bonds is 4. The molecule has 5 rings (SSSR count). The number of aryl methyl sites for hydroxylation is 1. The summed E-state index contributed by atoms with van der Waals surface area (Å²) in [5, 5.41) is 10.9. The monoisotopic (exact) mass is 403 g/mol. The van der Waals surface area contributed by atoms with Crippen LogP contribution in [0.2, 0.25) is 0 Å². The number of pyridine rings is 1. The van der Waals surface area contributed by atoms with Crippen molar-refractivity contribution in [3.63, 3.8) is 0 Å². The van der Waals surface area contributed by atoms with Gasteiger partial charge in [0.15, 0.2) is 0 Å². The molecule has 0 saturated heterocycles. The molecule has 1 unspecified atom stereocenters. The molecule has 152 valence electrons. The molecular formula is C22H21N5O3. The van der Waals surface area contributed by atoms with Gasteiger partial charge < -0.3 is 9.73 Å². The van der Waals surface area contributed by atoms with Gasteiger partial charge in [-0.05, 0) is 42.9 Å². The van der Waals surface area contributed by atoms with Crippen LogP contribution >= 0.6 is 0 Å². The van der Waals surface area contributed by atoms with Gasteiger partial charge in [-0.25, -0.2) is 4.98 Å². The van der Waals surface area contributed by atoms with Crippen LogP contribution < -0.4 is 10.2 Å². The van der Waals surface area contributed by atoms with Crippen LogP contribution in [-0.2, 0) is 16.6 Å². The minimum absolute atomic E-state index is 0.123. The molecule has 1 aliphatic carbocycles. The lowest BCUT2D eigenvalue weighted by Crippen LogP contribution is -2.47. The second-order valence-corrected chi connectivity index (χ2v) is 7.81. The van der Waals surface area contributed by atoms with Gasteiger partial charge in [-0.15, -0.1) is 10.2 Å². The molecule has 2 aliphatic rings. The molecule has 0 spiro atoms. The highest BCUT2D eigenvalue weighted by Gasteiger charge is 2.51. The van der Waals surface area contributed by atoms with Gasteiger partial charge in [0, 0.05) is 13.2 Å². The van der Waals surface area contributed by atoms with Crippen molar-refractivity contribution in [1.29, 1.82) is 0 Å². The van der Waals surface area contributed by atoms with Crippen molar-refractivity contribution < 1.29 is 14.0 Å². The first-order valence-corrected chi connectivity index (χ1v) is 10.0. The van der Waals surface area contributed by atoms with E-state index < -0.39 is 11.9 Å². The van der Waals surface area contributed by atoms with Crippen LogP contribution in [0.5, 0.6) is 0 Å². The first-order valence-electron chi connectivity index (χ1n) is 10.0. The Hall–Kier alpha value is -3.55. The summed E-state index contributed by atoms with van der Waals surface area (Å²) in [6.45, 7) is 0. The van der Waals surface area contributed by atoms with Crippen molar-refractivity contribution in [2.24, 2.45) is 0 Å². The zero-order chi connectivity index (χ0) is 20.7. The van der Waals surface area contributed by atoms with E-state index in [9.17, 15) is 9.59 Å². The lowest BCUT2D eigenvalue weighted by molar-refractivity contribution is -0.120. The van der Waals surface area contributed by atoms with E-state index in [2.05, 4.69) is 20.5 Å². The van der Waals surface area contributed by atoms with Gasteiger partial charge in [-0.3, -0.25) is 14.5 Å². The predicted octanol–water partition coefficient (Wildman–Crippen LogP) is 2.25. The van der Waals surface area contributed by atoms with Gasteiger partial charge in [0.05, 0.1) is 5.41 Å². The second kappa shape index (κ2) is 7.05. The molecule has 8 heteroatoms. The first-order chi connectivity index (χ1) is 14.6. The van der Waals surface area contributed by atoms with Crippen molar-refractivity contribution in [3.8, 4) is 0 Å². The highest BCUT2D eigenvalue weighted by atomic mass is 16.4. The topological polar surface area (TPSA) is 101 Å². The summed E-state index contributed by atoms with van der Waals surface area (Å²) in [7, 11) is 1.67. The molecule has 3 heterocycles. The van der Waals surface area contributed by atoms with E-state index >= 15 is 0 Å². The molecule has 1 atom stereocenters. The first kappa shape index (κ1) is 18.5. The Bertz CT molecular complexity index is 1110. The Labute approximate surface area is 173 Å². The van der Waals surface area contributed by atoms with Crippen LogP contribution in [0.1, 0.15) is 47.0 Å². The van der Waals surface area contributed by atoms with Gasteiger partial charge in [0.25, 0.3) is 0 Å². The summed E-state index contributed by atoms with van der Waals surface area (Å²) < 4.78 is 5.75. The standard InChI is InChI=1S/C22H21N5O3/c1-27-17-14(6-5-13-23-17)9-10-16(20(27)29)24-18(28)19-25-26-21(30-19)22(11-12-22)15-7-3-2-4-8-15/h2-8,13,16H,9-12H2,1H3,(H,24,28). The van der Waals surface area contributed by atoms with Crippen molar-refractivity contribution in [3.05, 3.63) is 71.6 Å². The normalized spacial score (nSPS) is 19.7. The third-order valence-electron chi connectivity index (χ3n) is 5.93. The summed E-state index contributed by atoms with van der Waals surface area (Å²) in [6, 6.07) is 13.1. The molecule has 30 heavy (non-hydrogen) atoms. The number of benzene rings is 1. The fourth-order valence-electron chi connectivity index (χ4n) is 4.06. The zero-order valence-electron chi connectivity index (χ0n) is 16.5. The molecule has 1 saturated carbocycles. The van der Waals surface area contributed by atoms with Gasteiger partial charge in [0.2, 0.25) is 11.8 Å². The second-order valence-electron chi connectivity index (χ2n) is 7.81. The van der Waals surface area contributed by atoms with E-state index in [0.717, 1.165) is 24.0 Å². The van der Waals surface area contributed by atoms with E-state index in [4.69, 9.17) is 4.42 Å². The van der Waals surface area contributed by atoms with E-state index in [1.165, 1.54) is 4.90 Å². The Morgan fingerprint density at radius 3 is 2.73 bits per heavy atom. The third kappa shape index (κ3) is 3.04. The largest absolute Gasteiger partial charge is 0.416 e. The van der Waals surface area contributed by atoms with E-state index in [1.54, 1.807) is 13.2 Å². The number of amides is 2. The fraction of sp³-hybridized carbons (Fsp3) is 0.318. The average molecular weight is 403 g/mol. The zero-order valence-corrected chi connectivity index (χ0v) is 16.5. The minimum Gasteiger partial charge on any atom is -0.416 e. The number of hydrogen-bond acceptors (Lipinski definition) is 6. The van der Waals surface area contributed by atoms with Crippen molar-refractivity contribution >= 4 is 17.6 Å². The Kier molecular flexibility index (Phi) is 4.34. The molecule has 1 aromatic carbocycles. The number of carbonyl (C=O) groups is 2. The maximum Gasteiger partial charge on any atom is 0.309 e. The molecule has 1 aliphatic heterocycles. The minimum atomic E-state index is -0.684. The van der Waals surface area contributed by atoms with Gasteiger partial charge in [0.1, 0.15) is 11.9 Å². The molecule has 1 fully saturated rings. The number of carbonyl (C=O) groups excluding carboxylic acids is 2. The number of fused-ring (bicyclic) bond motifs is 1. The van der Waals surface area contributed by atoms with E-state index in [1.807, 2.05) is 42.5 Å². The van der Waals surface area contributed by atoms with Crippen molar-refractivity contribution in [2.45, 2.75) is 37.1 Å². The Morgan fingerprint density at radius 2 is 1.97 bits per heavy atom. The molecule has 1 N–H and O–H groups in total. The summed E-state index contributed by atoms with van der Waals surface area (Å²) in [6.07, 6.45) is 4.57. The molecule has 0 radical (unpaired) electrons. The number of aromatic nitrogens is 3. The summed E-state index contributed by atoms with van der Waals surface area (Å²) in [4.78, 5) is 31.4. The molecular weight excluding hydrogens is 382 g/mol. The average Bonchev–Trinajstić information content (AvgIpc) is 3.47. The molecule has 0 bridgehead atoms. The summed E-state index contributed by atoms with van der Waals surface area (Å²) in [5.74, 6) is 0.187. The van der Waals surface area contributed by atoms with Crippen LogP contribution in [0.25, 0.3) is 0 Å². The number of nitrogens with zero attached hydrogens (tertiary/aromatic N) is 4. The predicted molar refractivity (Wildman–Crippen MR) is 108 cm³/mol. The van der Waals surface area contributed by atoms with Gasteiger partial charge in [-0.1, -0.05) is 36.4 Å².